The van der Waals surface area contributed by atoms with Crippen molar-refractivity contribution < 1.29 is 23.8 Å². The topological polar surface area (TPSA) is 86.8 Å². The van der Waals surface area contributed by atoms with Crippen LogP contribution in [0.5, 0.6) is 11.5 Å². The van der Waals surface area contributed by atoms with Crippen molar-refractivity contribution in [2.45, 2.75) is 58.0 Å². The third kappa shape index (κ3) is 10.9. The number of carbonyl (C=O) groups excluding carboxylic acids is 2. The fraction of sp³-hybridized carbons (Fsp3) is 0.324. The van der Waals surface area contributed by atoms with Crippen molar-refractivity contribution in [1.82, 2.24) is 10.3 Å². The Balaban J connectivity index is 1.28. The van der Waals surface area contributed by atoms with Gasteiger partial charge in [-0.05, 0) is 71.6 Å². The maximum absolute atomic E-state index is 13.1. The van der Waals surface area contributed by atoms with Crippen LogP contribution in [0.3, 0.4) is 0 Å². The summed E-state index contributed by atoms with van der Waals surface area (Å²) in [5.74, 6) is 1.20. The summed E-state index contributed by atoms with van der Waals surface area (Å²) in [4.78, 5) is 30.0. The predicted molar refractivity (Wildman–Crippen MR) is 182 cm³/mol. The minimum Gasteiger partial charge on any atom is -0.492 e. The maximum atomic E-state index is 13.1. The second kappa shape index (κ2) is 16.0. The number of nitrogens with zero attached hydrogens (tertiary/aromatic N) is 1. The number of pyridine rings is 1. The van der Waals surface area contributed by atoms with Crippen LogP contribution < -0.4 is 14.8 Å². The first-order valence-corrected chi connectivity index (χ1v) is 19.2. The van der Waals surface area contributed by atoms with E-state index >= 15 is 0 Å². The van der Waals surface area contributed by atoms with Crippen LogP contribution >= 0.6 is 0 Å². The summed E-state index contributed by atoms with van der Waals surface area (Å²) in [5.41, 5.74) is 4.53. The average Bonchev–Trinajstić information content (AvgIpc) is 3.03. The van der Waals surface area contributed by atoms with E-state index in [-0.39, 0.29) is 11.9 Å². The molecule has 0 saturated heterocycles. The first kappa shape index (κ1) is 33.5. The third-order valence-corrected chi connectivity index (χ3v) is 9.00. The number of hydrogen-bond donors (Lipinski definition) is 1. The molecule has 1 N–H and O–H groups in total. The summed E-state index contributed by atoms with van der Waals surface area (Å²) in [6, 6.07) is 29.4. The van der Waals surface area contributed by atoms with E-state index in [4.69, 9.17) is 14.2 Å². The van der Waals surface area contributed by atoms with Gasteiger partial charge in [-0.3, -0.25) is 9.78 Å². The molecule has 0 radical (unpaired) electrons. The van der Waals surface area contributed by atoms with Gasteiger partial charge >= 0.3 is 5.97 Å². The van der Waals surface area contributed by atoms with E-state index in [0.717, 1.165) is 22.9 Å². The Bertz CT molecular complexity index is 1500. The van der Waals surface area contributed by atoms with E-state index in [1.54, 1.807) is 18.3 Å². The van der Waals surface area contributed by atoms with E-state index < -0.39 is 14.2 Å². The highest BCUT2D eigenvalue weighted by atomic mass is 28.3. The van der Waals surface area contributed by atoms with Crippen LogP contribution in [0.2, 0.25) is 25.7 Å². The predicted octanol–water partition coefficient (Wildman–Crippen LogP) is 7.55. The van der Waals surface area contributed by atoms with E-state index in [2.05, 4.69) is 43.8 Å². The molecular formula is C37H44N2O5Si. The molecule has 0 bridgehead atoms. The molecule has 1 amide bonds. The zero-order valence-electron chi connectivity index (χ0n) is 26.9. The maximum Gasteiger partial charge on any atom is 0.347 e. The van der Waals surface area contributed by atoms with Crippen LogP contribution in [0.1, 0.15) is 41.3 Å². The van der Waals surface area contributed by atoms with Crippen molar-refractivity contribution in [2.24, 2.45) is 0 Å². The van der Waals surface area contributed by atoms with Crippen molar-refractivity contribution in [3.05, 3.63) is 114 Å². The molecule has 7 nitrogen and oxygen atoms in total. The van der Waals surface area contributed by atoms with Gasteiger partial charge in [-0.15, -0.1) is 0 Å². The van der Waals surface area contributed by atoms with Gasteiger partial charge in [0.2, 0.25) is 0 Å². The quantitative estimate of drug-likeness (QED) is 0.0835. The van der Waals surface area contributed by atoms with Gasteiger partial charge in [-0.25, -0.2) is 4.79 Å². The van der Waals surface area contributed by atoms with Gasteiger partial charge in [-0.2, -0.15) is 0 Å². The molecule has 0 spiro atoms. The summed E-state index contributed by atoms with van der Waals surface area (Å²) in [6.45, 7) is 12.1. The van der Waals surface area contributed by atoms with Crippen molar-refractivity contribution in [3.8, 4) is 22.8 Å². The molecular weight excluding hydrogens is 581 g/mol. The number of esters is 1. The smallest absolute Gasteiger partial charge is 0.347 e. The van der Waals surface area contributed by atoms with E-state index in [0.29, 0.717) is 49.2 Å². The third-order valence-electron chi connectivity index (χ3n) is 7.29. The van der Waals surface area contributed by atoms with E-state index in [9.17, 15) is 9.59 Å². The Hall–Kier alpha value is -4.43. The van der Waals surface area contributed by atoms with Crippen molar-refractivity contribution >= 4 is 20.0 Å². The first-order chi connectivity index (χ1) is 21.6. The molecule has 4 rings (SSSR count). The normalized spacial score (nSPS) is 12.0. The molecule has 0 unspecified atom stereocenters. The molecule has 0 aliphatic carbocycles. The number of benzene rings is 3. The number of rotatable bonds is 15. The van der Waals surface area contributed by atoms with Gasteiger partial charge in [0, 0.05) is 31.8 Å². The lowest BCUT2D eigenvalue weighted by Crippen LogP contribution is -2.33. The van der Waals surface area contributed by atoms with E-state index in [1.807, 2.05) is 78.9 Å². The van der Waals surface area contributed by atoms with Crippen molar-refractivity contribution in [1.29, 1.82) is 0 Å². The molecule has 8 heteroatoms. The Morgan fingerprint density at radius 3 is 2.13 bits per heavy atom. The molecule has 1 aromatic heterocycles. The fourth-order valence-electron chi connectivity index (χ4n) is 4.52. The lowest BCUT2D eigenvalue weighted by Gasteiger charge is -2.20. The number of aromatic nitrogens is 1. The SMILES string of the molecule is CC(C)c1ccc(O[C@H](Cc2ccc(OCCNC(=O)c3ccc(-c4ccccn4)cc3)cc2)C(=O)OCC[Si](C)(C)C)cc1. The van der Waals surface area contributed by atoms with Crippen molar-refractivity contribution in [3.63, 3.8) is 0 Å². The number of carbonyl (C=O) groups is 2. The molecule has 0 aliphatic rings. The summed E-state index contributed by atoms with van der Waals surface area (Å²) < 4.78 is 17.7. The highest BCUT2D eigenvalue weighted by Gasteiger charge is 2.24. The average molecular weight is 625 g/mol. The fourth-order valence-corrected chi connectivity index (χ4v) is 5.23. The molecule has 236 valence electrons. The summed E-state index contributed by atoms with van der Waals surface area (Å²) in [6.07, 6.45) is 1.35. The first-order valence-electron chi connectivity index (χ1n) is 15.5. The second-order valence-corrected chi connectivity index (χ2v) is 18.2. The Morgan fingerprint density at radius 1 is 0.822 bits per heavy atom. The number of amides is 1. The lowest BCUT2D eigenvalue weighted by molar-refractivity contribution is -0.151. The molecule has 4 aromatic rings. The van der Waals surface area contributed by atoms with Crippen LogP contribution in [0.25, 0.3) is 11.3 Å². The number of nitrogens with one attached hydrogen (secondary N) is 1. The molecule has 45 heavy (non-hydrogen) atoms. The van der Waals surface area contributed by atoms with Gasteiger partial charge in [0.25, 0.3) is 5.91 Å². The summed E-state index contributed by atoms with van der Waals surface area (Å²) in [5, 5.41) is 2.89. The zero-order valence-corrected chi connectivity index (χ0v) is 27.9. The minimum absolute atomic E-state index is 0.164. The van der Waals surface area contributed by atoms with Gasteiger partial charge in [0.1, 0.15) is 18.1 Å². The number of hydrogen-bond acceptors (Lipinski definition) is 6. The number of ether oxygens (including phenoxy) is 3. The Morgan fingerprint density at radius 2 is 1.51 bits per heavy atom. The highest BCUT2D eigenvalue weighted by molar-refractivity contribution is 6.76. The Kier molecular flexibility index (Phi) is 11.9. The van der Waals surface area contributed by atoms with Crippen LogP contribution in [0, 0.1) is 0 Å². The van der Waals surface area contributed by atoms with Crippen LogP contribution in [0.4, 0.5) is 0 Å². The van der Waals surface area contributed by atoms with Gasteiger partial charge in [0.15, 0.2) is 6.10 Å². The van der Waals surface area contributed by atoms with Gasteiger partial charge in [-0.1, -0.05) is 76.0 Å². The Labute approximate surface area is 268 Å². The molecule has 1 heterocycles. The van der Waals surface area contributed by atoms with Gasteiger partial charge < -0.3 is 19.5 Å². The monoisotopic (exact) mass is 624 g/mol. The molecule has 3 aromatic carbocycles. The molecule has 0 aliphatic heterocycles. The molecule has 0 saturated carbocycles. The highest BCUT2D eigenvalue weighted by Crippen LogP contribution is 2.22. The van der Waals surface area contributed by atoms with Crippen LogP contribution in [-0.2, 0) is 16.0 Å². The van der Waals surface area contributed by atoms with Crippen LogP contribution in [-0.4, -0.2) is 50.8 Å². The largest absolute Gasteiger partial charge is 0.492 e. The zero-order chi connectivity index (χ0) is 32.2. The van der Waals surface area contributed by atoms with Crippen molar-refractivity contribution in [2.75, 3.05) is 19.8 Å². The molecule has 1 atom stereocenters. The second-order valence-electron chi connectivity index (χ2n) is 12.6. The molecule has 0 fully saturated rings. The summed E-state index contributed by atoms with van der Waals surface area (Å²) >= 11 is 0. The lowest BCUT2D eigenvalue weighted by atomic mass is 10.0. The van der Waals surface area contributed by atoms with Gasteiger partial charge in [0.05, 0.1) is 18.8 Å². The minimum atomic E-state index is -1.34. The summed E-state index contributed by atoms with van der Waals surface area (Å²) in [7, 11) is -1.34. The van der Waals surface area contributed by atoms with E-state index in [1.165, 1.54) is 5.56 Å². The standard InChI is InChI=1S/C37H44N2O5Si/c1-27(2)29-15-19-33(20-16-29)44-35(37(41)43-24-25-45(3,4)5)26-28-9-17-32(18-10-28)42-23-22-39-36(40)31-13-11-30(12-14-31)34-8-6-7-21-38-34/h6-21,27,35H,22-26H2,1-5H3,(H,39,40)/t35-/m1/s1. The van der Waals surface area contributed by atoms with Crippen LogP contribution in [0.15, 0.2) is 97.2 Å².